The molecule has 41 heavy (non-hydrogen) atoms. The van der Waals surface area contributed by atoms with Crippen LogP contribution in [0, 0.1) is 0 Å². The van der Waals surface area contributed by atoms with Crippen LogP contribution in [-0.2, 0) is 14.0 Å². The number of unbranched alkanes of at least 4 members (excludes halogenated alkanes) is 3. The molecule has 0 aliphatic heterocycles. The van der Waals surface area contributed by atoms with Gasteiger partial charge in [-0.05, 0) is 66.8 Å². The van der Waals surface area contributed by atoms with Crippen LogP contribution in [0.15, 0.2) is 109 Å². The summed E-state index contributed by atoms with van der Waals surface area (Å²) >= 11 is 0. The molecule has 0 spiro atoms. The van der Waals surface area contributed by atoms with Crippen molar-refractivity contribution in [3.05, 3.63) is 109 Å². The number of hydrogen-bond acceptors (Lipinski definition) is 3. The maximum absolute atomic E-state index is 11.1. The monoisotopic (exact) mass is 574 g/mol. The molecule has 0 saturated carbocycles. The molecule has 0 aliphatic carbocycles. The molecule has 0 bridgehead atoms. The summed E-state index contributed by atoms with van der Waals surface area (Å²) in [5, 5.41) is 1.95. The van der Waals surface area contributed by atoms with Crippen LogP contribution >= 0.6 is 0 Å². The van der Waals surface area contributed by atoms with Crippen LogP contribution in [0.2, 0.25) is 5.04 Å². The molecule has 0 amide bonds. The van der Waals surface area contributed by atoms with Crippen molar-refractivity contribution in [1.82, 2.24) is 0 Å². The first kappa shape index (κ1) is 31.0. The molecule has 0 atom stereocenters. The van der Waals surface area contributed by atoms with Gasteiger partial charge in [-0.2, -0.15) is 0 Å². The third-order valence-corrected chi connectivity index (χ3v) is 11.9. The minimum atomic E-state index is -2.92. The summed E-state index contributed by atoms with van der Waals surface area (Å²) in [5.74, 6) is -0.146. The van der Waals surface area contributed by atoms with E-state index in [0.29, 0.717) is 12.8 Å². The van der Waals surface area contributed by atoms with Crippen molar-refractivity contribution in [2.45, 2.75) is 90.0 Å². The molecule has 2 aromatic rings. The molecule has 0 N–H and O–H groups in total. The van der Waals surface area contributed by atoms with Gasteiger partial charge in [0.2, 0.25) is 0 Å². The number of carbonyl (C=O) groups is 1. The highest BCUT2D eigenvalue weighted by Gasteiger charge is 2.49. The molecule has 222 valence electrons. The van der Waals surface area contributed by atoms with Crippen molar-refractivity contribution >= 4 is 24.7 Å². The summed E-state index contributed by atoms with van der Waals surface area (Å²) in [6.07, 6.45) is 25.3. The second-order valence-electron chi connectivity index (χ2n) is 11.2. The van der Waals surface area contributed by atoms with Gasteiger partial charge in [-0.25, -0.2) is 0 Å². The van der Waals surface area contributed by atoms with Crippen LogP contribution in [0.4, 0.5) is 0 Å². The first-order valence-corrected chi connectivity index (χ1v) is 17.0. The summed E-state index contributed by atoms with van der Waals surface area (Å²) in [7, 11) is -1.50. The van der Waals surface area contributed by atoms with Crippen LogP contribution < -0.4 is 10.4 Å². The molecule has 3 nitrogen and oxygen atoms in total. The Balaban J connectivity index is 1.75. The fraction of sp³-hybridized carbons (Fsp3) is 0.432. The van der Waals surface area contributed by atoms with Gasteiger partial charge in [-0.1, -0.05) is 136 Å². The van der Waals surface area contributed by atoms with E-state index in [4.69, 9.17) is 7.17 Å². The molecule has 0 unspecified atom stereocenters. The maximum atomic E-state index is 11.1. The Morgan fingerprint density at radius 1 is 0.707 bits per heavy atom. The summed E-state index contributed by atoms with van der Waals surface area (Å²) in [6, 6.07) is 20.5. The molecule has 0 saturated heterocycles. The number of ether oxygens (including phenoxy) is 1. The molecule has 0 aromatic heterocycles. The average Bonchev–Trinajstić information content (AvgIpc) is 2.99. The third kappa shape index (κ3) is 12.6. The topological polar surface area (TPSA) is 35.5 Å². The van der Waals surface area contributed by atoms with Gasteiger partial charge in [0.15, 0.2) is 0 Å². The highest BCUT2D eigenvalue weighted by Crippen LogP contribution is 2.36. The highest BCUT2D eigenvalue weighted by atomic mass is 28.4. The summed E-state index contributed by atoms with van der Waals surface area (Å²) in [4.78, 5) is 11.1. The molecule has 0 aliphatic rings. The van der Waals surface area contributed by atoms with Crippen molar-refractivity contribution in [3.8, 4) is 0 Å². The Hall–Kier alpha value is -2.95. The van der Waals surface area contributed by atoms with Gasteiger partial charge in [-0.3, -0.25) is 4.79 Å². The van der Waals surface area contributed by atoms with E-state index in [1.54, 1.807) is 0 Å². The number of hydrogen-bond donors (Lipinski definition) is 0. The van der Waals surface area contributed by atoms with Gasteiger partial charge in [0.05, 0.1) is 9.85 Å². The molecular formula is C37H52O3Si. The number of rotatable bonds is 19. The van der Waals surface area contributed by atoms with E-state index in [1.165, 1.54) is 7.11 Å². The lowest BCUT2D eigenvalue weighted by Crippen LogP contribution is -2.66. The van der Waals surface area contributed by atoms with E-state index < -0.39 is 14.9 Å². The average molecular weight is 575 g/mol. The van der Waals surface area contributed by atoms with E-state index in [9.17, 15) is 4.79 Å². The van der Waals surface area contributed by atoms with Crippen LogP contribution in [0.5, 0.6) is 0 Å². The largest absolute Gasteiger partial charge is 0.469 e. The Labute approximate surface area is 254 Å². The van der Waals surface area contributed by atoms with Gasteiger partial charge in [0, 0.05) is 13.0 Å². The first-order valence-electron chi connectivity index (χ1n) is 16.1. The van der Waals surface area contributed by atoms with Crippen molar-refractivity contribution in [2.75, 3.05) is 13.7 Å². The van der Waals surface area contributed by atoms with Gasteiger partial charge in [-0.15, -0.1) is 0 Å². The minimum absolute atomic E-state index is 0.146. The van der Waals surface area contributed by atoms with Crippen molar-refractivity contribution in [3.63, 3.8) is 0 Å². The fourth-order valence-corrected chi connectivity index (χ4v) is 9.03. The predicted molar refractivity (Wildman–Crippen MR) is 178 cm³/mol. The zero-order valence-electron chi connectivity index (χ0n) is 27.7. The maximum Gasteiger partial charge on any atom is 0.305 e. The first-order chi connectivity index (χ1) is 20.6. The molecular weight excluding hydrogens is 520 g/mol. The number of allylic oxidation sites excluding steroid dienone is 8. The van der Waals surface area contributed by atoms with Crippen molar-refractivity contribution in [1.29, 1.82) is 0 Å². The lowest BCUT2D eigenvalue weighted by Gasteiger charge is -2.43. The van der Waals surface area contributed by atoms with E-state index in [-0.39, 0.29) is 11.0 Å². The summed E-state index contributed by atoms with van der Waals surface area (Å²) < 4.78 is 29.2. The molecule has 2 rings (SSSR count). The van der Waals surface area contributed by atoms with Gasteiger partial charge >= 0.3 is 5.97 Å². The lowest BCUT2D eigenvalue weighted by atomic mass is 10.2. The Bertz CT molecular complexity index is 1130. The van der Waals surface area contributed by atoms with E-state index in [2.05, 4.69) is 98.4 Å². The summed E-state index contributed by atoms with van der Waals surface area (Å²) in [5.41, 5.74) is 0. The number of methoxy groups -OCH3 is 1. The zero-order chi connectivity index (χ0) is 31.4. The van der Waals surface area contributed by atoms with Crippen LogP contribution in [0.25, 0.3) is 0 Å². The zero-order valence-corrected chi connectivity index (χ0v) is 26.7. The van der Waals surface area contributed by atoms with E-state index in [1.807, 2.05) is 36.4 Å². The summed E-state index contributed by atoms with van der Waals surface area (Å²) in [6.45, 7) is 4.83. The van der Waals surface area contributed by atoms with Crippen LogP contribution in [0.3, 0.4) is 0 Å². The molecule has 0 radical (unpaired) electrons. The molecule has 2 aromatic carbocycles. The quantitative estimate of drug-likeness (QED) is 0.0727. The standard InChI is InChI=1S/C37H52O3Si/c1-37(2,3)41(34-28-22-20-23-29-34,35-30-24-21-25-31-35)40-33-27-19-17-15-13-11-9-7-5-6-8-10-12-14-16-18-26-32-36(38)39-4/h5,7-8,10-11,13-14,16,20-25,28-31H,6,9,12,15,17-19,26-27,32-33H2,1-4H3/b7-5-,10-8-,13-11-,16-14-/i33D2. The van der Waals surface area contributed by atoms with Gasteiger partial charge < -0.3 is 9.16 Å². The third-order valence-electron chi connectivity index (χ3n) is 7.00. The minimum Gasteiger partial charge on any atom is -0.469 e. The Morgan fingerprint density at radius 2 is 1.17 bits per heavy atom. The second-order valence-corrected chi connectivity index (χ2v) is 15.4. The van der Waals surface area contributed by atoms with Crippen LogP contribution in [-0.4, -0.2) is 28.0 Å². The SMILES string of the molecule is [2H]C([2H])(CCCC/C=C\C/C=C\C/C=C\C/C=C\CCCC(=O)OC)O[Si](c1ccccc1)(c1ccccc1)C(C)(C)C. The molecule has 0 heterocycles. The second kappa shape index (κ2) is 20.0. The smallest absolute Gasteiger partial charge is 0.305 e. The fourth-order valence-electron chi connectivity index (χ4n) is 4.78. The molecule has 4 heteroatoms. The normalized spacial score (nSPS) is 13.9. The number of benzene rings is 2. The lowest BCUT2D eigenvalue weighted by molar-refractivity contribution is -0.140. The predicted octanol–water partition coefficient (Wildman–Crippen LogP) is 8.86. The van der Waals surface area contributed by atoms with E-state index in [0.717, 1.165) is 61.7 Å². The number of esters is 1. The van der Waals surface area contributed by atoms with Gasteiger partial charge in [0.25, 0.3) is 8.32 Å². The van der Waals surface area contributed by atoms with Crippen molar-refractivity contribution in [2.24, 2.45) is 0 Å². The van der Waals surface area contributed by atoms with E-state index >= 15 is 0 Å². The number of carbonyl (C=O) groups excluding carboxylic acids is 1. The van der Waals surface area contributed by atoms with Crippen molar-refractivity contribution < 1.29 is 16.7 Å². The van der Waals surface area contributed by atoms with Crippen LogP contribution in [0.1, 0.15) is 87.7 Å². The van der Waals surface area contributed by atoms with Gasteiger partial charge in [0.1, 0.15) is 0 Å². The Morgan fingerprint density at radius 3 is 1.63 bits per heavy atom. The highest BCUT2D eigenvalue weighted by molar-refractivity contribution is 6.99. The Kier molecular flexibility index (Phi) is 15.1. The molecule has 0 fully saturated rings.